The van der Waals surface area contributed by atoms with E-state index < -0.39 is 15.7 Å². The number of urea groups is 1. The van der Waals surface area contributed by atoms with Gasteiger partial charge in [-0.15, -0.1) is 0 Å². The van der Waals surface area contributed by atoms with Crippen LogP contribution in [-0.4, -0.2) is 56.2 Å². The lowest BCUT2D eigenvalue weighted by Crippen LogP contribution is -2.56. The van der Waals surface area contributed by atoms with Gasteiger partial charge in [-0.2, -0.15) is 0 Å². The molecule has 2 aliphatic heterocycles. The molecule has 2 aliphatic rings. The first-order chi connectivity index (χ1) is 12.8. The van der Waals surface area contributed by atoms with E-state index in [-0.39, 0.29) is 30.1 Å². The molecule has 2 heterocycles. The number of likely N-dealkylation sites (tertiary alicyclic amines) is 1. The molecule has 0 bridgehead atoms. The van der Waals surface area contributed by atoms with E-state index in [0.29, 0.717) is 44.0 Å². The van der Waals surface area contributed by atoms with Gasteiger partial charge in [0.1, 0.15) is 16.4 Å². The Morgan fingerprint density at radius 1 is 1.33 bits per heavy atom. The lowest BCUT2D eigenvalue weighted by atomic mass is 10.0. The fraction of sp³-hybridized carbons (Fsp3) is 0.579. The Kier molecular flexibility index (Phi) is 5.83. The number of amides is 3. The molecule has 3 amide bonds. The number of carbonyl (C=O) groups is 2. The Morgan fingerprint density at radius 3 is 2.67 bits per heavy atom. The Balaban J connectivity index is 1.71. The molecule has 2 fully saturated rings. The number of piperidine rings is 1. The van der Waals surface area contributed by atoms with Crippen LogP contribution in [0.1, 0.15) is 32.3 Å². The van der Waals surface area contributed by atoms with Crippen LogP contribution in [0.15, 0.2) is 24.3 Å². The summed E-state index contributed by atoms with van der Waals surface area (Å²) in [6, 6.07) is 6.01. The highest BCUT2D eigenvalue weighted by molar-refractivity contribution is 7.87. The third-order valence-corrected chi connectivity index (χ3v) is 7.18. The molecule has 1 aromatic rings. The minimum absolute atomic E-state index is 0.00510. The van der Waals surface area contributed by atoms with E-state index in [9.17, 15) is 18.2 Å². The van der Waals surface area contributed by atoms with E-state index in [0.717, 1.165) is 0 Å². The summed E-state index contributed by atoms with van der Waals surface area (Å²) in [5.74, 6) is -0.164. The first kappa shape index (κ1) is 19.8. The van der Waals surface area contributed by atoms with Crippen molar-refractivity contribution in [2.45, 2.75) is 38.1 Å². The van der Waals surface area contributed by atoms with Gasteiger partial charge in [-0.05, 0) is 23.6 Å². The fourth-order valence-electron chi connectivity index (χ4n) is 3.68. The third-order valence-electron chi connectivity index (χ3n) is 5.19. The van der Waals surface area contributed by atoms with E-state index in [1.54, 1.807) is 21.9 Å². The van der Waals surface area contributed by atoms with E-state index in [1.165, 1.54) is 12.1 Å². The molecular formula is C19H26FN3O3S. The molecular weight excluding hydrogens is 369 g/mol. The maximum absolute atomic E-state index is 13.5. The second kappa shape index (κ2) is 7.96. The van der Waals surface area contributed by atoms with Gasteiger partial charge < -0.3 is 15.1 Å². The maximum Gasteiger partial charge on any atom is 0.317 e. The van der Waals surface area contributed by atoms with Gasteiger partial charge in [-0.1, -0.05) is 26.0 Å². The highest BCUT2D eigenvalue weighted by Gasteiger charge is 2.53. The lowest BCUT2D eigenvalue weighted by molar-refractivity contribution is -0.131. The topological polar surface area (TPSA) is 69.7 Å². The predicted molar refractivity (Wildman–Crippen MR) is 102 cm³/mol. The predicted octanol–water partition coefficient (Wildman–Crippen LogP) is 2.07. The van der Waals surface area contributed by atoms with E-state index in [1.807, 2.05) is 13.8 Å². The summed E-state index contributed by atoms with van der Waals surface area (Å²) in [6.07, 6.45) is 0.936. The quantitative estimate of drug-likeness (QED) is 0.849. The molecule has 1 N–H and O–H groups in total. The number of halogens is 1. The van der Waals surface area contributed by atoms with Crippen molar-refractivity contribution in [2.24, 2.45) is 5.92 Å². The first-order valence-electron chi connectivity index (χ1n) is 9.28. The molecule has 6 nitrogen and oxygen atoms in total. The first-order valence-corrected chi connectivity index (χ1v) is 10.6. The molecule has 1 atom stereocenters. The van der Waals surface area contributed by atoms with Crippen molar-refractivity contribution in [1.82, 2.24) is 15.1 Å². The van der Waals surface area contributed by atoms with Crippen LogP contribution < -0.4 is 5.32 Å². The number of benzene rings is 1. The monoisotopic (exact) mass is 395 g/mol. The van der Waals surface area contributed by atoms with Gasteiger partial charge in [-0.3, -0.25) is 9.00 Å². The van der Waals surface area contributed by atoms with E-state index in [2.05, 4.69) is 5.32 Å². The molecule has 1 aromatic carbocycles. The molecule has 0 saturated carbocycles. The van der Waals surface area contributed by atoms with Crippen LogP contribution >= 0.6 is 0 Å². The fourth-order valence-corrected chi connectivity index (χ4v) is 5.38. The second-order valence-electron chi connectivity index (χ2n) is 7.61. The molecule has 1 unspecified atom stereocenters. The Bertz CT molecular complexity index is 747. The minimum Gasteiger partial charge on any atom is -0.338 e. The van der Waals surface area contributed by atoms with Gasteiger partial charge in [0.15, 0.2) is 0 Å². The molecule has 27 heavy (non-hydrogen) atoms. The number of carbonyl (C=O) groups excluding carboxylic acids is 2. The standard InChI is InChI=1S/C19H26FN3O3S/c1-14(2)11-21-18(25)22-8-6-19(7-9-22)23(17(24)13-27(19)26)12-15-4-3-5-16(20)10-15/h3-5,10,14H,6-9,11-13H2,1-2H3,(H,21,25). The average molecular weight is 396 g/mol. The van der Waals surface area contributed by atoms with Crippen LogP contribution in [0.5, 0.6) is 0 Å². The van der Waals surface area contributed by atoms with Gasteiger partial charge in [0.05, 0.1) is 10.8 Å². The zero-order valence-corrected chi connectivity index (χ0v) is 16.6. The second-order valence-corrected chi connectivity index (χ2v) is 9.35. The van der Waals surface area contributed by atoms with Crippen LogP contribution in [0.25, 0.3) is 0 Å². The van der Waals surface area contributed by atoms with Crippen molar-refractivity contribution in [3.63, 3.8) is 0 Å². The summed E-state index contributed by atoms with van der Waals surface area (Å²) in [5, 5.41) is 2.90. The zero-order chi connectivity index (χ0) is 19.6. The largest absolute Gasteiger partial charge is 0.338 e. The number of hydrogen-bond acceptors (Lipinski definition) is 3. The van der Waals surface area contributed by atoms with Gasteiger partial charge >= 0.3 is 6.03 Å². The van der Waals surface area contributed by atoms with E-state index in [4.69, 9.17) is 0 Å². The van der Waals surface area contributed by atoms with Crippen LogP contribution in [-0.2, 0) is 22.1 Å². The van der Waals surface area contributed by atoms with Gasteiger partial charge in [0.25, 0.3) is 0 Å². The van der Waals surface area contributed by atoms with Gasteiger partial charge in [0.2, 0.25) is 5.91 Å². The highest BCUT2D eigenvalue weighted by atomic mass is 32.2. The van der Waals surface area contributed by atoms with Crippen LogP contribution in [0.4, 0.5) is 9.18 Å². The molecule has 0 radical (unpaired) electrons. The summed E-state index contributed by atoms with van der Waals surface area (Å²) >= 11 is 0. The highest BCUT2D eigenvalue weighted by Crippen LogP contribution is 2.38. The summed E-state index contributed by atoms with van der Waals surface area (Å²) in [5.41, 5.74) is 0.679. The van der Waals surface area contributed by atoms with Crippen LogP contribution in [0.2, 0.25) is 0 Å². The normalized spacial score (nSPS) is 21.9. The summed E-state index contributed by atoms with van der Waals surface area (Å²) in [6.45, 7) is 5.80. The zero-order valence-electron chi connectivity index (χ0n) is 15.7. The molecule has 3 rings (SSSR count). The van der Waals surface area contributed by atoms with Crippen molar-refractivity contribution >= 4 is 22.7 Å². The number of hydrogen-bond donors (Lipinski definition) is 1. The molecule has 8 heteroatoms. The third kappa shape index (κ3) is 4.15. The number of rotatable bonds is 4. The van der Waals surface area contributed by atoms with Crippen molar-refractivity contribution in [1.29, 1.82) is 0 Å². The Hall–Kier alpha value is -1.96. The SMILES string of the molecule is CC(C)CNC(=O)N1CCC2(CC1)N(Cc1cccc(F)c1)C(=O)CS2=O. The van der Waals surface area contributed by atoms with Gasteiger partial charge in [0, 0.05) is 39.0 Å². The Morgan fingerprint density at radius 2 is 2.04 bits per heavy atom. The lowest BCUT2D eigenvalue weighted by Gasteiger charge is -2.43. The molecule has 1 spiro atoms. The van der Waals surface area contributed by atoms with Crippen LogP contribution in [0, 0.1) is 11.7 Å². The summed E-state index contributed by atoms with van der Waals surface area (Å²) in [4.78, 5) is 27.4. The van der Waals surface area contributed by atoms with Crippen molar-refractivity contribution in [3.8, 4) is 0 Å². The molecule has 0 aliphatic carbocycles. The minimum atomic E-state index is -1.32. The molecule has 2 saturated heterocycles. The van der Waals surface area contributed by atoms with Crippen molar-refractivity contribution in [2.75, 3.05) is 25.4 Å². The van der Waals surface area contributed by atoms with Gasteiger partial charge in [-0.25, -0.2) is 9.18 Å². The number of nitrogens with zero attached hydrogens (tertiary/aromatic N) is 2. The smallest absolute Gasteiger partial charge is 0.317 e. The molecule has 148 valence electrons. The summed E-state index contributed by atoms with van der Waals surface area (Å²) in [7, 11) is -1.32. The van der Waals surface area contributed by atoms with Crippen molar-refractivity contribution < 1.29 is 18.2 Å². The maximum atomic E-state index is 13.5. The number of nitrogens with one attached hydrogen (secondary N) is 1. The summed E-state index contributed by atoms with van der Waals surface area (Å²) < 4.78 is 26.3. The average Bonchev–Trinajstić information content (AvgIpc) is 2.84. The van der Waals surface area contributed by atoms with Crippen molar-refractivity contribution in [3.05, 3.63) is 35.6 Å². The molecule has 0 aromatic heterocycles. The Labute approximate surface area is 161 Å². The van der Waals surface area contributed by atoms with Crippen LogP contribution in [0.3, 0.4) is 0 Å². The van der Waals surface area contributed by atoms with E-state index >= 15 is 0 Å².